The molecule has 1 atom stereocenters. The maximum atomic E-state index is 3.74. The molecule has 0 spiro atoms. The summed E-state index contributed by atoms with van der Waals surface area (Å²) in [5.74, 6) is 0.427. The number of rotatable bonds is 4. The van der Waals surface area contributed by atoms with Crippen molar-refractivity contribution in [2.45, 2.75) is 13.8 Å². The van der Waals surface area contributed by atoms with Gasteiger partial charge in [-0.15, -0.1) is 6.58 Å². The van der Waals surface area contributed by atoms with Gasteiger partial charge >= 0.3 is 0 Å². The molecule has 1 unspecified atom stereocenters. The van der Waals surface area contributed by atoms with Gasteiger partial charge in [-0.1, -0.05) is 43.9 Å². The summed E-state index contributed by atoms with van der Waals surface area (Å²) in [5, 5.41) is 0. The highest BCUT2D eigenvalue weighted by molar-refractivity contribution is 5.25. The van der Waals surface area contributed by atoms with Crippen LogP contribution in [-0.4, -0.2) is 0 Å². The van der Waals surface area contributed by atoms with Crippen LogP contribution in [0.25, 0.3) is 0 Å². The van der Waals surface area contributed by atoms with E-state index in [1.165, 1.54) is 5.57 Å². The molecule has 11 heavy (non-hydrogen) atoms. The molecule has 0 N–H and O–H groups in total. The summed E-state index contributed by atoms with van der Waals surface area (Å²) in [4.78, 5) is 0. The predicted molar refractivity (Wildman–Crippen MR) is 52.5 cm³/mol. The van der Waals surface area contributed by atoms with Crippen LogP contribution in [0.1, 0.15) is 13.8 Å². The van der Waals surface area contributed by atoms with E-state index in [4.69, 9.17) is 0 Å². The van der Waals surface area contributed by atoms with E-state index in [1.54, 1.807) is 6.08 Å². The third-order valence-electron chi connectivity index (χ3n) is 1.64. The first-order valence-electron chi connectivity index (χ1n) is 3.84. The van der Waals surface area contributed by atoms with Gasteiger partial charge in [0.15, 0.2) is 0 Å². The Hall–Kier alpha value is -1.04. The van der Waals surface area contributed by atoms with Gasteiger partial charge in [0, 0.05) is 0 Å². The highest BCUT2D eigenvalue weighted by Gasteiger charge is 1.97. The highest BCUT2D eigenvalue weighted by Crippen LogP contribution is 2.12. The largest absolute Gasteiger partial charge is 0.102 e. The molecule has 0 nitrogen and oxygen atoms in total. The first kappa shape index (κ1) is 9.96. The molecule has 0 aliphatic rings. The zero-order valence-electron chi connectivity index (χ0n) is 7.38. The van der Waals surface area contributed by atoms with Crippen molar-refractivity contribution in [1.82, 2.24) is 0 Å². The Morgan fingerprint density at radius 3 is 2.36 bits per heavy atom. The Morgan fingerprint density at radius 2 is 2.00 bits per heavy atom. The van der Waals surface area contributed by atoms with E-state index >= 15 is 0 Å². The van der Waals surface area contributed by atoms with Crippen molar-refractivity contribution in [2.75, 3.05) is 0 Å². The molecule has 0 heterocycles. The van der Waals surface area contributed by atoms with Gasteiger partial charge in [0.1, 0.15) is 0 Å². The Bertz CT molecular complexity index is 182. The van der Waals surface area contributed by atoms with Crippen LogP contribution in [0.4, 0.5) is 0 Å². The molecule has 0 aliphatic carbocycles. The maximum absolute atomic E-state index is 3.74. The molecule has 60 valence electrons. The molecule has 0 aromatic carbocycles. The predicted octanol–water partition coefficient (Wildman–Crippen LogP) is 3.50. The molecule has 0 amide bonds. The van der Waals surface area contributed by atoms with Gasteiger partial charge in [0.05, 0.1) is 0 Å². The molecular weight excluding hydrogens is 132 g/mol. The van der Waals surface area contributed by atoms with Crippen LogP contribution in [0.15, 0.2) is 49.1 Å². The Labute approximate surface area is 69.6 Å². The fraction of sp³-hybridized carbons (Fsp3) is 0.273. The summed E-state index contributed by atoms with van der Waals surface area (Å²) in [6.07, 6.45) is 9.79. The van der Waals surface area contributed by atoms with Gasteiger partial charge in [0.25, 0.3) is 0 Å². The van der Waals surface area contributed by atoms with Crippen molar-refractivity contribution in [3.8, 4) is 0 Å². The van der Waals surface area contributed by atoms with Gasteiger partial charge < -0.3 is 0 Å². The van der Waals surface area contributed by atoms with E-state index in [2.05, 4.69) is 32.2 Å². The first-order chi connectivity index (χ1) is 5.26. The molecule has 0 aromatic rings. The van der Waals surface area contributed by atoms with Gasteiger partial charge in [-0.25, -0.2) is 0 Å². The van der Waals surface area contributed by atoms with Crippen LogP contribution in [0.5, 0.6) is 0 Å². The van der Waals surface area contributed by atoms with Crippen molar-refractivity contribution in [2.24, 2.45) is 5.92 Å². The summed E-state index contributed by atoms with van der Waals surface area (Å²) in [5.41, 5.74) is 1.28. The summed E-state index contributed by atoms with van der Waals surface area (Å²) in [6.45, 7) is 11.5. The van der Waals surface area contributed by atoms with Crippen molar-refractivity contribution in [1.29, 1.82) is 0 Å². The molecule has 0 saturated heterocycles. The van der Waals surface area contributed by atoms with Crippen LogP contribution < -0.4 is 0 Å². The van der Waals surface area contributed by atoms with Crippen LogP contribution in [0.3, 0.4) is 0 Å². The van der Waals surface area contributed by atoms with Crippen molar-refractivity contribution in [3.05, 3.63) is 49.1 Å². The van der Waals surface area contributed by atoms with Crippen LogP contribution in [-0.2, 0) is 0 Å². The molecule has 0 heteroatoms. The fourth-order valence-electron chi connectivity index (χ4n) is 0.826. The number of hydrogen-bond donors (Lipinski definition) is 0. The van der Waals surface area contributed by atoms with Gasteiger partial charge in [-0.3, -0.25) is 0 Å². The quantitative estimate of drug-likeness (QED) is 0.423. The monoisotopic (exact) mass is 148 g/mol. The molecular formula is C11H16. The second-order valence-corrected chi connectivity index (χ2v) is 2.41. The second-order valence-electron chi connectivity index (χ2n) is 2.41. The summed E-state index contributed by atoms with van der Waals surface area (Å²) in [7, 11) is 0. The lowest BCUT2D eigenvalue weighted by Crippen LogP contribution is -1.90. The van der Waals surface area contributed by atoms with E-state index in [0.29, 0.717) is 5.92 Å². The van der Waals surface area contributed by atoms with E-state index < -0.39 is 0 Å². The molecule has 0 rings (SSSR count). The Balaban J connectivity index is 4.29. The first-order valence-corrected chi connectivity index (χ1v) is 3.84. The van der Waals surface area contributed by atoms with Crippen molar-refractivity contribution < 1.29 is 0 Å². The molecule has 0 fully saturated rings. The highest BCUT2D eigenvalue weighted by atomic mass is 14.0. The van der Waals surface area contributed by atoms with E-state index in [9.17, 15) is 0 Å². The minimum atomic E-state index is 0.427. The SMILES string of the molecule is C=C/C=C\C(=C/C)C(C)C=C. The third-order valence-corrected chi connectivity index (χ3v) is 1.64. The lowest BCUT2D eigenvalue weighted by Gasteiger charge is -2.05. The molecule has 0 radical (unpaired) electrons. The molecule has 0 aliphatic heterocycles. The zero-order chi connectivity index (χ0) is 8.69. The topological polar surface area (TPSA) is 0 Å². The summed E-state index contributed by atoms with van der Waals surface area (Å²) >= 11 is 0. The molecule has 0 saturated carbocycles. The summed E-state index contributed by atoms with van der Waals surface area (Å²) in [6, 6.07) is 0. The lowest BCUT2D eigenvalue weighted by atomic mass is 10.0. The van der Waals surface area contributed by atoms with Gasteiger partial charge in [0.2, 0.25) is 0 Å². The zero-order valence-corrected chi connectivity index (χ0v) is 7.38. The lowest BCUT2D eigenvalue weighted by molar-refractivity contribution is 0.891. The van der Waals surface area contributed by atoms with Gasteiger partial charge in [-0.05, 0) is 18.4 Å². The van der Waals surface area contributed by atoms with Crippen LogP contribution in [0, 0.1) is 5.92 Å². The minimum absolute atomic E-state index is 0.427. The average molecular weight is 148 g/mol. The normalized spacial score (nSPS) is 14.9. The van der Waals surface area contributed by atoms with Crippen LogP contribution in [0.2, 0.25) is 0 Å². The number of hydrogen-bond acceptors (Lipinski definition) is 0. The van der Waals surface area contributed by atoms with Crippen LogP contribution >= 0.6 is 0 Å². The van der Waals surface area contributed by atoms with Crippen molar-refractivity contribution in [3.63, 3.8) is 0 Å². The van der Waals surface area contributed by atoms with E-state index in [0.717, 1.165) is 0 Å². The minimum Gasteiger partial charge on any atom is -0.102 e. The Kier molecular flexibility index (Phi) is 5.18. The van der Waals surface area contributed by atoms with Crippen molar-refractivity contribution >= 4 is 0 Å². The van der Waals surface area contributed by atoms with E-state index in [-0.39, 0.29) is 0 Å². The second kappa shape index (κ2) is 5.72. The standard InChI is InChI=1S/C11H16/c1-5-8-9-11(7-3)10(4)6-2/h5-10H,1-2H2,3-4H3/b9-8-,11-7+. The van der Waals surface area contributed by atoms with E-state index in [1.807, 2.05) is 19.1 Å². The summed E-state index contributed by atoms with van der Waals surface area (Å²) < 4.78 is 0. The van der Waals surface area contributed by atoms with Gasteiger partial charge in [-0.2, -0.15) is 0 Å². The smallest absolute Gasteiger partial charge is 0.00164 e. The third kappa shape index (κ3) is 3.61. The average Bonchev–Trinajstić information content (AvgIpc) is 2.05. The molecule has 0 aromatic heterocycles. The number of allylic oxidation sites excluding steroid dienone is 6. The molecule has 0 bridgehead atoms. The fourth-order valence-corrected chi connectivity index (χ4v) is 0.826. The maximum Gasteiger partial charge on any atom is -0.00164 e. The Morgan fingerprint density at radius 1 is 1.36 bits per heavy atom.